The van der Waals surface area contributed by atoms with Crippen LogP contribution >= 0.6 is 0 Å². The Morgan fingerprint density at radius 2 is 1.00 bits per heavy atom. The first-order valence-electron chi connectivity index (χ1n) is 2.84. The molecular weight excluding hydrogens is 86.1 g/mol. The van der Waals surface area contributed by atoms with Crippen LogP contribution in [0, 0.1) is 0 Å². The van der Waals surface area contributed by atoms with Crippen LogP contribution in [0.5, 0.6) is 0 Å². The number of nitrogens with zero attached hydrogens (tertiary/aromatic N) is 1. The van der Waals surface area contributed by atoms with Crippen LogP contribution in [0.3, 0.4) is 0 Å². The molecule has 0 saturated heterocycles. The largest absolute Gasteiger partial charge is 0.312 e. The monoisotopic (exact) mass is 101 g/mol. The Bertz CT molecular complexity index is 25.7. The average Bonchev–Trinajstić information content (AvgIpc) is 2.02. The normalized spacial score (nSPS) is 15.4. The van der Waals surface area contributed by atoms with Crippen molar-refractivity contribution in [2.24, 2.45) is 0 Å². The first-order chi connectivity index (χ1) is 3.23. The van der Waals surface area contributed by atoms with Crippen molar-refractivity contribution in [2.75, 3.05) is 21.1 Å². The maximum atomic E-state index is 2.00. The molecule has 0 spiro atoms. The first kappa shape index (κ1) is 6.96. The standard InChI is InChI=1S/C3H9N.C3H6/c1-4(2)3;1-2-3-1/h1-3H3;1-3H2. The fourth-order valence-corrected chi connectivity index (χ4v) is 0. The molecular formula is C6H15N. The van der Waals surface area contributed by atoms with Gasteiger partial charge in [-0.3, -0.25) is 0 Å². The van der Waals surface area contributed by atoms with E-state index in [-0.39, 0.29) is 0 Å². The van der Waals surface area contributed by atoms with Gasteiger partial charge in [-0.25, -0.2) is 0 Å². The van der Waals surface area contributed by atoms with Gasteiger partial charge in [-0.15, -0.1) is 0 Å². The molecule has 1 nitrogen and oxygen atoms in total. The van der Waals surface area contributed by atoms with Crippen LogP contribution in [0.15, 0.2) is 0 Å². The topological polar surface area (TPSA) is 3.24 Å². The molecule has 0 N–H and O–H groups in total. The van der Waals surface area contributed by atoms with Gasteiger partial charge in [-0.2, -0.15) is 0 Å². The van der Waals surface area contributed by atoms with Gasteiger partial charge in [0, 0.05) is 0 Å². The number of hydrogen-bond acceptors (Lipinski definition) is 1. The minimum absolute atomic E-state index is 1.50. The van der Waals surface area contributed by atoms with Gasteiger partial charge in [-0.1, -0.05) is 19.3 Å². The van der Waals surface area contributed by atoms with E-state index in [0.29, 0.717) is 0 Å². The van der Waals surface area contributed by atoms with Crippen molar-refractivity contribution >= 4 is 0 Å². The second-order valence-electron chi connectivity index (χ2n) is 2.40. The highest BCUT2D eigenvalue weighted by molar-refractivity contribution is 4.50. The molecule has 0 aromatic heterocycles. The predicted octanol–water partition coefficient (Wildman–Crippen LogP) is 1.35. The summed E-state index contributed by atoms with van der Waals surface area (Å²) in [5, 5.41) is 0. The average molecular weight is 101 g/mol. The van der Waals surface area contributed by atoms with Gasteiger partial charge in [0.1, 0.15) is 0 Å². The SMILES string of the molecule is C1CC1.CN(C)C. The zero-order valence-corrected chi connectivity index (χ0v) is 5.57. The van der Waals surface area contributed by atoms with Gasteiger partial charge in [-0.05, 0) is 21.1 Å². The number of rotatable bonds is 0. The molecule has 1 heteroatoms. The van der Waals surface area contributed by atoms with Crippen molar-refractivity contribution in [3.63, 3.8) is 0 Å². The summed E-state index contributed by atoms with van der Waals surface area (Å²) >= 11 is 0. The lowest BCUT2D eigenvalue weighted by Gasteiger charge is -1.90. The highest BCUT2D eigenvalue weighted by atomic mass is 15.0. The van der Waals surface area contributed by atoms with Crippen LogP contribution in [0.2, 0.25) is 0 Å². The van der Waals surface area contributed by atoms with Crippen LogP contribution in [0.1, 0.15) is 19.3 Å². The Labute approximate surface area is 46.3 Å². The summed E-state index contributed by atoms with van der Waals surface area (Å²) in [6.07, 6.45) is 4.50. The first-order valence-corrected chi connectivity index (χ1v) is 2.84. The van der Waals surface area contributed by atoms with Crippen LogP contribution in [0.25, 0.3) is 0 Å². The van der Waals surface area contributed by atoms with Crippen LogP contribution in [-0.2, 0) is 0 Å². The fourth-order valence-electron chi connectivity index (χ4n) is 0. The Kier molecular flexibility index (Phi) is 4.10. The van der Waals surface area contributed by atoms with Gasteiger partial charge in [0.05, 0.1) is 0 Å². The van der Waals surface area contributed by atoms with Gasteiger partial charge in [0.2, 0.25) is 0 Å². The fraction of sp³-hybridized carbons (Fsp3) is 1.00. The van der Waals surface area contributed by atoms with Crippen molar-refractivity contribution in [3.8, 4) is 0 Å². The van der Waals surface area contributed by atoms with E-state index in [1.807, 2.05) is 26.0 Å². The molecule has 0 heterocycles. The lowest BCUT2D eigenvalue weighted by Crippen LogP contribution is -1.99. The van der Waals surface area contributed by atoms with E-state index in [0.717, 1.165) is 0 Å². The van der Waals surface area contributed by atoms with E-state index in [4.69, 9.17) is 0 Å². The molecule has 0 aromatic rings. The van der Waals surface area contributed by atoms with Gasteiger partial charge in [0.15, 0.2) is 0 Å². The Morgan fingerprint density at radius 1 is 0.857 bits per heavy atom. The van der Waals surface area contributed by atoms with E-state index in [1.54, 1.807) is 0 Å². The molecule has 1 saturated carbocycles. The minimum Gasteiger partial charge on any atom is -0.312 e. The van der Waals surface area contributed by atoms with E-state index >= 15 is 0 Å². The van der Waals surface area contributed by atoms with Crippen LogP contribution in [0.4, 0.5) is 0 Å². The molecule has 0 atom stereocenters. The van der Waals surface area contributed by atoms with Crippen LogP contribution < -0.4 is 0 Å². The lowest BCUT2D eigenvalue weighted by atomic mass is 11.0. The smallest absolute Gasteiger partial charge is 0.0140 e. The lowest BCUT2D eigenvalue weighted by molar-refractivity contribution is 0.505. The van der Waals surface area contributed by atoms with E-state index in [9.17, 15) is 0 Å². The predicted molar refractivity (Wildman–Crippen MR) is 33.5 cm³/mol. The van der Waals surface area contributed by atoms with Gasteiger partial charge < -0.3 is 4.90 Å². The summed E-state index contributed by atoms with van der Waals surface area (Å²) in [6.45, 7) is 0. The highest BCUT2D eigenvalue weighted by Crippen LogP contribution is 2.14. The second-order valence-corrected chi connectivity index (χ2v) is 2.40. The third-order valence-electron chi connectivity index (χ3n) is 0.354. The molecule has 0 bridgehead atoms. The summed E-state index contributed by atoms with van der Waals surface area (Å²) in [7, 11) is 6.00. The molecule has 0 radical (unpaired) electrons. The zero-order valence-electron chi connectivity index (χ0n) is 5.57. The molecule has 0 aliphatic heterocycles. The van der Waals surface area contributed by atoms with E-state index in [1.165, 1.54) is 19.3 Å². The quantitative estimate of drug-likeness (QED) is 0.445. The Hall–Kier alpha value is -0.0400. The molecule has 7 heavy (non-hydrogen) atoms. The molecule has 0 unspecified atom stereocenters. The van der Waals surface area contributed by atoms with Gasteiger partial charge in [0.25, 0.3) is 0 Å². The Morgan fingerprint density at radius 3 is 1.00 bits per heavy atom. The molecule has 0 aromatic carbocycles. The third kappa shape index (κ3) is 101. The van der Waals surface area contributed by atoms with Crippen molar-refractivity contribution in [3.05, 3.63) is 0 Å². The third-order valence-corrected chi connectivity index (χ3v) is 0.354. The summed E-state index contributed by atoms with van der Waals surface area (Å²) in [6, 6.07) is 0. The van der Waals surface area contributed by atoms with E-state index in [2.05, 4.69) is 0 Å². The Balaban J connectivity index is 0.000000105. The van der Waals surface area contributed by atoms with Crippen molar-refractivity contribution in [1.82, 2.24) is 4.90 Å². The summed E-state index contributed by atoms with van der Waals surface area (Å²) in [4.78, 5) is 2.00. The molecule has 1 rings (SSSR count). The number of hydrogen-bond donors (Lipinski definition) is 0. The molecule has 0 amide bonds. The van der Waals surface area contributed by atoms with Crippen molar-refractivity contribution < 1.29 is 0 Å². The van der Waals surface area contributed by atoms with Crippen molar-refractivity contribution in [2.45, 2.75) is 19.3 Å². The zero-order chi connectivity index (χ0) is 5.70. The minimum atomic E-state index is 1.50. The molecule has 44 valence electrons. The maximum Gasteiger partial charge on any atom is -0.0140 e. The van der Waals surface area contributed by atoms with E-state index < -0.39 is 0 Å². The molecule has 1 aliphatic rings. The highest BCUT2D eigenvalue weighted by Gasteiger charge is 1.95. The maximum absolute atomic E-state index is 2.00. The summed E-state index contributed by atoms with van der Waals surface area (Å²) in [5.74, 6) is 0. The molecule has 1 aliphatic carbocycles. The van der Waals surface area contributed by atoms with Gasteiger partial charge >= 0.3 is 0 Å². The van der Waals surface area contributed by atoms with Crippen LogP contribution in [-0.4, -0.2) is 26.0 Å². The summed E-state index contributed by atoms with van der Waals surface area (Å²) in [5.41, 5.74) is 0. The van der Waals surface area contributed by atoms with Crippen molar-refractivity contribution in [1.29, 1.82) is 0 Å². The molecule has 1 fully saturated rings. The summed E-state index contributed by atoms with van der Waals surface area (Å²) < 4.78 is 0. The second kappa shape index (κ2) is 4.13.